The Labute approximate surface area is 179 Å². The molecule has 0 unspecified atom stereocenters. The smallest absolute Gasteiger partial charge is 0.272 e. The summed E-state index contributed by atoms with van der Waals surface area (Å²) in [6, 6.07) is 23.6. The predicted octanol–water partition coefficient (Wildman–Crippen LogP) is 4.59. The molecule has 6 heteroatoms. The second-order valence-electron chi connectivity index (χ2n) is 6.82. The van der Waals surface area contributed by atoms with E-state index in [-0.39, 0.29) is 11.6 Å². The lowest BCUT2D eigenvalue weighted by molar-refractivity contribution is -0.113. The van der Waals surface area contributed by atoms with Crippen LogP contribution in [0.5, 0.6) is 5.75 Å². The Hall–Kier alpha value is -4.32. The first-order chi connectivity index (χ1) is 15.2. The monoisotopic (exact) mass is 411 g/mol. The van der Waals surface area contributed by atoms with Crippen LogP contribution in [0.4, 0.5) is 5.69 Å². The third-order valence-corrected chi connectivity index (χ3v) is 4.81. The van der Waals surface area contributed by atoms with E-state index in [0.717, 1.165) is 16.5 Å². The fourth-order valence-corrected chi connectivity index (χ4v) is 3.25. The fraction of sp³-hybridized carbons (Fsp3) is 0.0400. The van der Waals surface area contributed by atoms with E-state index >= 15 is 0 Å². The van der Waals surface area contributed by atoms with Crippen LogP contribution in [-0.2, 0) is 4.79 Å². The van der Waals surface area contributed by atoms with Crippen molar-refractivity contribution in [2.45, 2.75) is 0 Å². The number of carbonyl (C=O) groups excluding carboxylic acids is 2. The molecular formula is C25H21N3O3. The number of fused-ring (bicyclic) bond motifs is 1. The van der Waals surface area contributed by atoms with Crippen LogP contribution in [0.15, 0.2) is 90.8 Å². The first-order valence-corrected chi connectivity index (χ1v) is 9.74. The number of methoxy groups -OCH3 is 1. The van der Waals surface area contributed by atoms with Crippen LogP contribution in [0.2, 0.25) is 0 Å². The van der Waals surface area contributed by atoms with Crippen molar-refractivity contribution in [2.24, 2.45) is 0 Å². The number of para-hydroxylation sites is 3. The molecule has 1 heterocycles. The lowest BCUT2D eigenvalue weighted by atomic mass is 10.1. The van der Waals surface area contributed by atoms with Crippen molar-refractivity contribution in [2.75, 3.05) is 12.4 Å². The zero-order valence-corrected chi connectivity index (χ0v) is 16.9. The van der Waals surface area contributed by atoms with Gasteiger partial charge in [0.25, 0.3) is 11.8 Å². The molecular weight excluding hydrogens is 390 g/mol. The molecule has 0 spiro atoms. The van der Waals surface area contributed by atoms with E-state index in [1.54, 1.807) is 54.7 Å². The summed E-state index contributed by atoms with van der Waals surface area (Å²) in [5.74, 6) is -0.308. The SMILES string of the molecule is COc1ccccc1NC(=O)/C(=C\c1c[nH]c2ccccc12)NC(=O)c1ccccc1. The molecule has 0 bridgehead atoms. The van der Waals surface area contributed by atoms with Gasteiger partial charge in [0.05, 0.1) is 12.8 Å². The summed E-state index contributed by atoms with van der Waals surface area (Å²) in [6.07, 6.45) is 3.46. The highest BCUT2D eigenvalue weighted by Crippen LogP contribution is 2.24. The molecule has 4 aromatic rings. The molecule has 0 aliphatic carbocycles. The minimum Gasteiger partial charge on any atom is -0.495 e. The normalized spacial score (nSPS) is 11.2. The Morgan fingerprint density at radius 2 is 1.61 bits per heavy atom. The first kappa shape index (κ1) is 20.0. The summed E-state index contributed by atoms with van der Waals surface area (Å²) in [5, 5.41) is 6.51. The Morgan fingerprint density at radius 3 is 2.42 bits per heavy atom. The Kier molecular flexibility index (Phi) is 5.80. The van der Waals surface area contributed by atoms with Crippen LogP contribution < -0.4 is 15.4 Å². The van der Waals surface area contributed by atoms with Crippen LogP contribution in [0.1, 0.15) is 15.9 Å². The summed E-state index contributed by atoms with van der Waals surface area (Å²) in [6.45, 7) is 0. The van der Waals surface area contributed by atoms with Crippen molar-refractivity contribution in [3.8, 4) is 5.75 Å². The highest BCUT2D eigenvalue weighted by molar-refractivity contribution is 6.12. The number of hydrogen-bond donors (Lipinski definition) is 3. The number of aromatic amines is 1. The van der Waals surface area contributed by atoms with Gasteiger partial charge in [-0.3, -0.25) is 9.59 Å². The standard InChI is InChI=1S/C25H21N3O3/c1-31-23-14-8-7-13-21(23)27-25(30)22(28-24(29)17-9-3-2-4-10-17)15-18-16-26-20-12-6-5-11-19(18)20/h2-16,26H,1H3,(H,27,30)(H,28,29)/b22-15+. The van der Waals surface area contributed by atoms with Gasteiger partial charge in [0.1, 0.15) is 11.4 Å². The van der Waals surface area contributed by atoms with Crippen molar-refractivity contribution in [1.29, 1.82) is 0 Å². The number of carbonyl (C=O) groups is 2. The number of aromatic nitrogens is 1. The van der Waals surface area contributed by atoms with Crippen molar-refractivity contribution in [3.63, 3.8) is 0 Å². The summed E-state index contributed by atoms with van der Waals surface area (Å²) in [7, 11) is 1.53. The molecule has 0 saturated heterocycles. The Balaban J connectivity index is 1.69. The maximum atomic E-state index is 13.2. The number of nitrogens with one attached hydrogen (secondary N) is 3. The molecule has 3 N–H and O–H groups in total. The molecule has 0 atom stereocenters. The van der Waals surface area contributed by atoms with Crippen molar-refractivity contribution < 1.29 is 14.3 Å². The highest BCUT2D eigenvalue weighted by Gasteiger charge is 2.17. The van der Waals surface area contributed by atoms with Gasteiger partial charge >= 0.3 is 0 Å². The molecule has 0 fully saturated rings. The van der Waals surface area contributed by atoms with Crippen LogP contribution >= 0.6 is 0 Å². The summed E-state index contributed by atoms with van der Waals surface area (Å²) >= 11 is 0. The summed E-state index contributed by atoms with van der Waals surface area (Å²) in [4.78, 5) is 29.1. The average Bonchev–Trinajstić information content (AvgIpc) is 3.22. The molecule has 0 aliphatic heterocycles. The van der Waals surface area contributed by atoms with Gasteiger partial charge in [-0.2, -0.15) is 0 Å². The quantitative estimate of drug-likeness (QED) is 0.406. The molecule has 2 amide bonds. The van der Waals surface area contributed by atoms with E-state index in [1.807, 2.05) is 36.4 Å². The van der Waals surface area contributed by atoms with Gasteiger partial charge in [0.2, 0.25) is 0 Å². The molecule has 0 saturated carbocycles. The molecule has 4 rings (SSSR count). The number of ether oxygens (including phenoxy) is 1. The second-order valence-corrected chi connectivity index (χ2v) is 6.82. The lowest BCUT2D eigenvalue weighted by Crippen LogP contribution is -2.30. The van der Waals surface area contributed by atoms with E-state index in [4.69, 9.17) is 4.74 Å². The van der Waals surface area contributed by atoms with Gasteiger partial charge in [-0.15, -0.1) is 0 Å². The second kappa shape index (κ2) is 9.00. The van der Waals surface area contributed by atoms with Gasteiger partial charge in [0.15, 0.2) is 0 Å². The van der Waals surface area contributed by atoms with Crippen molar-refractivity contribution in [3.05, 3.63) is 102 Å². The van der Waals surface area contributed by atoms with E-state index in [1.165, 1.54) is 7.11 Å². The van der Waals surface area contributed by atoms with Gasteiger partial charge in [-0.1, -0.05) is 48.5 Å². The van der Waals surface area contributed by atoms with E-state index in [0.29, 0.717) is 17.0 Å². The maximum absolute atomic E-state index is 13.2. The van der Waals surface area contributed by atoms with Gasteiger partial charge in [-0.25, -0.2) is 0 Å². The van der Waals surface area contributed by atoms with Crippen LogP contribution in [0.25, 0.3) is 17.0 Å². The first-order valence-electron chi connectivity index (χ1n) is 9.74. The van der Waals surface area contributed by atoms with Crippen LogP contribution in [0, 0.1) is 0 Å². The molecule has 1 aromatic heterocycles. The van der Waals surface area contributed by atoms with Crippen molar-refractivity contribution in [1.82, 2.24) is 10.3 Å². The number of amides is 2. The number of anilines is 1. The number of hydrogen-bond acceptors (Lipinski definition) is 3. The fourth-order valence-electron chi connectivity index (χ4n) is 3.25. The molecule has 0 radical (unpaired) electrons. The lowest BCUT2D eigenvalue weighted by Gasteiger charge is -2.13. The van der Waals surface area contributed by atoms with Gasteiger partial charge < -0.3 is 20.4 Å². The zero-order valence-electron chi connectivity index (χ0n) is 16.9. The maximum Gasteiger partial charge on any atom is 0.272 e. The molecule has 3 aromatic carbocycles. The Morgan fingerprint density at radius 1 is 0.903 bits per heavy atom. The van der Waals surface area contributed by atoms with Crippen LogP contribution in [0.3, 0.4) is 0 Å². The summed E-state index contributed by atoms with van der Waals surface area (Å²) in [5.41, 5.74) is 2.80. The van der Waals surface area contributed by atoms with Crippen LogP contribution in [-0.4, -0.2) is 23.9 Å². The molecule has 0 aliphatic rings. The van der Waals surface area contributed by atoms with E-state index in [9.17, 15) is 9.59 Å². The molecule has 6 nitrogen and oxygen atoms in total. The summed E-state index contributed by atoms with van der Waals surface area (Å²) < 4.78 is 5.31. The third kappa shape index (κ3) is 4.48. The topological polar surface area (TPSA) is 83.2 Å². The minimum absolute atomic E-state index is 0.115. The van der Waals surface area contributed by atoms with Gasteiger partial charge in [-0.05, 0) is 36.4 Å². The Bertz CT molecular complexity index is 1260. The largest absolute Gasteiger partial charge is 0.495 e. The van der Waals surface area contributed by atoms with E-state index < -0.39 is 5.91 Å². The number of rotatable bonds is 6. The molecule has 31 heavy (non-hydrogen) atoms. The predicted molar refractivity (Wildman–Crippen MR) is 122 cm³/mol. The van der Waals surface area contributed by atoms with Gasteiger partial charge in [0, 0.05) is 28.2 Å². The number of H-pyrrole nitrogens is 1. The minimum atomic E-state index is -0.459. The third-order valence-electron chi connectivity index (χ3n) is 4.81. The average molecular weight is 411 g/mol. The molecule has 154 valence electrons. The van der Waals surface area contributed by atoms with E-state index in [2.05, 4.69) is 15.6 Å². The highest BCUT2D eigenvalue weighted by atomic mass is 16.5. The number of benzene rings is 3. The zero-order chi connectivity index (χ0) is 21.6. The van der Waals surface area contributed by atoms with Crippen molar-refractivity contribution >= 4 is 34.5 Å².